The number of nitrogens with zero attached hydrogens (tertiary/aromatic N) is 1. The number of aryl methyl sites for hydroxylation is 1. The number of hydrogen-bond donors (Lipinski definition) is 1. The number of carbonyl (C=O) groups is 2. The molecule has 0 aliphatic carbocycles. The lowest BCUT2D eigenvalue weighted by atomic mass is 10.1. The highest BCUT2D eigenvalue weighted by Gasteiger charge is 2.12. The normalized spacial score (nSPS) is 10.5. The molecule has 3 rings (SSSR count). The van der Waals surface area contributed by atoms with Crippen molar-refractivity contribution < 1.29 is 14.3 Å². The van der Waals surface area contributed by atoms with E-state index in [-0.39, 0.29) is 12.3 Å². The van der Waals surface area contributed by atoms with Gasteiger partial charge < -0.3 is 10.1 Å². The van der Waals surface area contributed by atoms with Gasteiger partial charge in [0.15, 0.2) is 0 Å². The Hall–Kier alpha value is -3.21. The van der Waals surface area contributed by atoms with E-state index in [4.69, 9.17) is 4.74 Å². The first-order valence-electron chi connectivity index (χ1n) is 7.90. The zero-order valence-electron chi connectivity index (χ0n) is 14.1. The van der Waals surface area contributed by atoms with Crippen molar-refractivity contribution in [2.45, 2.75) is 13.3 Å². The third-order valence-electron chi connectivity index (χ3n) is 4.00. The summed E-state index contributed by atoms with van der Waals surface area (Å²) in [6.45, 7) is 1.87. The van der Waals surface area contributed by atoms with Gasteiger partial charge in [-0.2, -0.15) is 0 Å². The van der Waals surface area contributed by atoms with Crippen LogP contribution in [0.25, 0.3) is 10.9 Å². The highest BCUT2D eigenvalue weighted by molar-refractivity contribution is 5.97. The van der Waals surface area contributed by atoms with E-state index >= 15 is 0 Å². The Bertz CT molecular complexity index is 945. The van der Waals surface area contributed by atoms with E-state index in [0.717, 1.165) is 22.0 Å². The van der Waals surface area contributed by atoms with Crippen molar-refractivity contribution in [2.24, 2.45) is 0 Å². The molecule has 0 saturated heterocycles. The van der Waals surface area contributed by atoms with Crippen LogP contribution in [0.2, 0.25) is 0 Å². The number of nitrogens with one attached hydrogen (secondary N) is 1. The lowest BCUT2D eigenvalue weighted by molar-refractivity contribution is -0.115. The number of fused-ring (bicyclic) bond motifs is 1. The highest BCUT2D eigenvalue weighted by Crippen LogP contribution is 2.20. The Morgan fingerprint density at radius 3 is 2.72 bits per heavy atom. The van der Waals surface area contributed by atoms with Gasteiger partial charge in [0.1, 0.15) is 0 Å². The largest absolute Gasteiger partial charge is 0.465 e. The van der Waals surface area contributed by atoms with Gasteiger partial charge in [0.25, 0.3) is 0 Å². The van der Waals surface area contributed by atoms with Gasteiger partial charge in [0.05, 0.1) is 24.6 Å². The van der Waals surface area contributed by atoms with Crippen LogP contribution < -0.4 is 5.32 Å². The third kappa shape index (κ3) is 3.66. The highest BCUT2D eigenvalue weighted by atomic mass is 16.5. The number of para-hydroxylation sites is 1. The molecule has 1 N–H and O–H groups in total. The number of aromatic nitrogens is 1. The van der Waals surface area contributed by atoms with Crippen LogP contribution >= 0.6 is 0 Å². The maximum absolute atomic E-state index is 12.5. The lowest BCUT2D eigenvalue weighted by Gasteiger charge is -2.11. The predicted molar refractivity (Wildman–Crippen MR) is 96.6 cm³/mol. The minimum atomic E-state index is -0.436. The maximum Gasteiger partial charge on any atom is 0.337 e. The first-order valence-corrected chi connectivity index (χ1v) is 7.90. The fourth-order valence-corrected chi connectivity index (χ4v) is 2.68. The molecule has 25 heavy (non-hydrogen) atoms. The molecule has 0 fully saturated rings. The molecule has 0 bridgehead atoms. The standard InChI is InChI=1S/C20H18N2O3/c1-13-8-9-16(20(24)25-2)11-17(13)22-18(23)12-15-6-3-5-14-7-4-10-21-19(14)15/h3-11H,12H2,1-2H3,(H,22,23). The fourth-order valence-electron chi connectivity index (χ4n) is 2.68. The summed E-state index contributed by atoms with van der Waals surface area (Å²) in [6.07, 6.45) is 1.92. The van der Waals surface area contributed by atoms with Gasteiger partial charge in [-0.05, 0) is 36.2 Å². The molecule has 0 radical (unpaired) electrons. The molecule has 1 amide bonds. The summed E-state index contributed by atoms with van der Waals surface area (Å²) in [6, 6.07) is 14.7. The summed E-state index contributed by atoms with van der Waals surface area (Å²) < 4.78 is 4.72. The van der Waals surface area contributed by atoms with Crippen molar-refractivity contribution in [1.82, 2.24) is 4.98 Å². The van der Waals surface area contributed by atoms with Crippen LogP contribution in [0, 0.1) is 6.92 Å². The number of ether oxygens (including phenoxy) is 1. The summed E-state index contributed by atoms with van der Waals surface area (Å²) in [5.74, 6) is -0.600. The van der Waals surface area contributed by atoms with E-state index in [0.29, 0.717) is 11.3 Å². The predicted octanol–water partition coefficient (Wildman–Crippen LogP) is 3.51. The second-order valence-electron chi connectivity index (χ2n) is 5.74. The van der Waals surface area contributed by atoms with E-state index in [9.17, 15) is 9.59 Å². The number of rotatable bonds is 4. The molecular formula is C20H18N2O3. The number of benzene rings is 2. The number of carbonyl (C=O) groups excluding carboxylic acids is 2. The van der Waals surface area contributed by atoms with Crippen LogP contribution in [-0.2, 0) is 16.0 Å². The molecule has 3 aromatic rings. The molecule has 2 aromatic carbocycles. The molecular weight excluding hydrogens is 316 g/mol. The van der Waals surface area contributed by atoms with Crippen molar-refractivity contribution in [2.75, 3.05) is 12.4 Å². The van der Waals surface area contributed by atoms with Crippen LogP contribution in [0.1, 0.15) is 21.5 Å². The Morgan fingerprint density at radius 2 is 1.92 bits per heavy atom. The van der Waals surface area contributed by atoms with Crippen LogP contribution in [0.15, 0.2) is 54.7 Å². The number of amides is 1. The zero-order chi connectivity index (χ0) is 17.8. The first kappa shape index (κ1) is 16.6. The van der Waals surface area contributed by atoms with Gasteiger partial charge in [-0.3, -0.25) is 9.78 Å². The number of pyridine rings is 1. The van der Waals surface area contributed by atoms with E-state index in [1.807, 2.05) is 37.3 Å². The second-order valence-corrected chi connectivity index (χ2v) is 5.74. The average molecular weight is 334 g/mol. The number of hydrogen-bond acceptors (Lipinski definition) is 4. The third-order valence-corrected chi connectivity index (χ3v) is 4.00. The SMILES string of the molecule is COC(=O)c1ccc(C)c(NC(=O)Cc2cccc3cccnc23)c1. The molecule has 0 atom stereocenters. The summed E-state index contributed by atoms with van der Waals surface area (Å²) in [5, 5.41) is 3.87. The van der Waals surface area contributed by atoms with E-state index < -0.39 is 5.97 Å². The monoisotopic (exact) mass is 334 g/mol. The topological polar surface area (TPSA) is 68.3 Å². The minimum absolute atomic E-state index is 0.164. The van der Waals surface area contributed by atoms with Gasteiger partial charge in [0.2, 0.25) is 5.91 Å². The molecule has 126 valence electrons. The summed E-state index contributed by atoms with van der Waals surface area (Å²) in [4.78, 5) is 28.5. The average Bonchev–Trinajstić information content (AvgIpc) is 2.63. The van der Waals surface area contributed by atoms with Crippen LogP contribution in [0.5, 0.6) is 0 Å². The smallest absolute Gasteiger partial charge is 0.337 e. The number of anilines is 1. The van der Waals surface area contributed by atoms with E-state index in [1.54, 1.807) is 24.4 Å². The molecule has 0 spiro atoms. The van der Waals surface area contributed by atoms with Crippen LogP contribution in [-0.4, -0.2) is 24.0 Å². The molecule has 1 aromatic heterocycles. The van der Waals surface area contributed by atoms with Crippen molar-refractivity contribution in [3.8, 4) is 0 Å². The Morgan fingerprint density at radius 1 is 1.12 bits per heavy atom. The Kier molecular flexibility index (Phi) is 4.75. The van der Waals surface area contributed by atoms with Crippen molar-refractivity contribution in [1.29, 1.82) is 0 Å². The van der Waals surface area contributed by atoms with Crippen LogP contribution in [0.4, 0.5) is 5.69 Å². The quantitative estimate of drug-likeness (QED) is 0.741. The van der Waals surface area contributed by atoms with Gasteiger partial charge in [-0.1, -0.05) is 30.3 Å². The minimum Gasteiger partial charge on any atom is -0.465 e. The lowest BCUT2D eigenvalue weighted by Crippen LogP contribution is -2.16. The molecule has 0 saturated carbocycles. The molecule has 0 unspecified atom stereocenters. The fraction of sp³-hybridized carbons (Fsp3) is 0.150. The van der Waals surface area contributed by atoms with Gasteiger partial charge in [-0.15, -0.1) is 0 Å². The molecule has 0 aliphatic heterocycles. The summed E-state index contributed by atoms with van der Waals surface area (Å²) in [5.41, 5.74) is 3.55. The van der Waals surface area contributed by atoms with Crippen molar-refractivity contribution >= 4 is 28.5 Å². The van der Waals surface area contributed by atoms with E-state index in [1.165, 1.54) is 7.11 Å². The maximum atomic E-state index is 12.5. The Labute approximate surface area is 145 Å². The summed E-state index contributed by atoms with van der Waals surface area (Å²) in [7, 11) is 1.33. The van der Waals surface area contributed by atoms with Gasteiger partial charge in [0, 0.05) is 17.3 Å². The number of methoxy groups -OCH3 is 1. The molecule has 5 nitrogen and oxygen atoms in total. The van der Waals surface area contributed by atoms with E-state index in [2.05, 4.69) is 10.3 Å². The van der Waals surface area contributed by atoms with Gasteiger partial charge >= 0.3 is 5.97 Å². The summed E-state index contributed by atoms with van der Waals surface area (Å²) >= 11 is 0. The zero-order valence-corrected chi connectivity index (χ0v) is 14.1. The van der Waals surface area contributed by atoms with Gasteiger partial charge in [-0.25, -0.2) is 4.79 Å². The molecule has 1 heterocycles. The second kappa shape index (κ2) is 7.13. The first-order chi connectivity index (χ1) is 12.1. The Balaban J connectivity index is 1.82. The molecule has 5 heteroatoms. The van der Waals surface area contributed by atoms with Crippen LogP contribution in [0.3, 0.4) is 0 Å². The van der Waals surface area contributed by atoms with Crippen molar-refractivity contribution in [3.05, 3.63) is 71.4 Å². The number of esters is 1. The molecule has 0 aliphatic rings. The van der Waals surface area contributed by atoms with Crippen molar-refractivity contribution in [3.63, 3.8) is 0 Å².